The number of hydrogen-bond donors (Lipinski definition) is 1. The first-order valence-electron chi connectivity index (χ1n) is 6.64. The van der Waals surface area contributed by atoms with Gasteiger partial charge in [0, 0.05) is 25.3 Å². The molecule has 0 aliphatic heterocycles. The van der Waals surface area contributed by atoms with Gasteiger partial charge in [-0.25, -0.2) is 4.98 Å². The van der Waals surface area contributed by atoms with Crippen molar-refractivity contribution in [2.75, 3.05) is 18.0 Å². The summed E-state index contributed by atoms with van der Waals surface area (Å²) < 4.78 is 0. The van der Waals surface area contributed by atoms with Gasteiger partial charge in [0.15, 0.2) is 0 Å². The summed E-state index contributed by atoms with van der Waals surface area (Å²) in [6.45, 7) is 6.42. The van der Waals surface area contributed by atoms with Crippen LogP contribution >= 0.6 is 0 Å². The zero-order valence-corrected chi connectivity index (χ0v) is 10.9. The Labute approximate surface area is 104 Å². The molecule has 1 fully saturated rings. The lowest BCUT2D eigenvalue weighted by atomic mass is 10.1. The second-order valence-corrected chi connectivity index (χ2v) is 5.19. The molecule has 1 aliphatic carbocycles. The maximum atomic E-state index is 5.78. The number of nitrogens with zero attached hydrogens (tertiary/aromatic N) is 2. The number of nitrogens with two attached hydrogens (primary N) is 1. The van der Waals surface area contributed by atoms with E-state index in [1.807, 2.05) is 13.1 Å². The molecule has 17 heavy (non-hydrogen) atoms. The summed E-state index contributed by atoms with van der Waals surface area (Å²) in [4.78, 5) is 6.92. The summed E-state index contributed by atoms with van der Waals surface area (Å²) >= 11 is 0. The lowest BCUT2D eigenvalue weighted by Gasteiger charge is -2.22. The van der Waals surface area contributed by atoms with Crippen LogP contribution in [0.1, 0.15) is 32.3 Å². The molecule has 0 bridgehead atoms. The van der Waals surface area contributed by atoms with E-state index in [4.69, 9.17) is 5.73 Å². The zero-order chi connectivity index (χ0) is 12.3. The fourth-order valence-electron chi connectivity index (χ4n) is 2.09. The summed E-state index contributed by atoms with van der Waals surface area (Å²) in [5, 5.41) is 0. The lowest BCUT2D eigenvalue weighted by Crippen LogP contribution is -2.26. The second-order valence-electron chi connectivity index (χ2n) is 5.19. The molecule has 1 heterocycles. The van der Waals surface area contributed by atoms with E-state index in [-0.39, 0.29) is 6.04 Å². The highest BCUT2D eigenvalue weighted by molar-refractivity contribution is 5.39. The monoisotopic (exact) mass is 233 g/mol. The summed E-state index contributed by atoms with van der Waals surface area (Å²) in [6, 6.07) is 4.49. The second kappa shape index (κ2) is 5.50. The van der Waals surface area contributed by atoms with E-state index < -0.39 is 0 Å². The molecule has 3 nitrogen and oxygen atoms in total. The number of hydrogen-bond acceptors (Lipinski definition) is 3. The topological polar surface area (TPSA) is 42.1 Å². The van der Waals surface area contributed by atoms with Crippen LogP contribution in [-0.4, -0.2) is 24.1 Å². The molecule has 1 aromatic heterocycles. The number of aromatic nitrogens is 1. The predicted molar refractivity (Wildman–Crippen MR) is 72.2 cm³/mol. The van der Waals surface area contributed by atoms with Crippen molar-refractivity contribution in [3.63, 3.8) is 0 Å². The van der Waals surface area contributed by atoms with Crippen molar-refractivity contribution in [2.24, 2.45) is 11.7 Å². The van der Waals surface area contributed by atoms with Crippen LogP contribution in [0.25, 0.3) is 0 Å². The first kappa shape index (κ1) is 12.4. The van der Waals surface area contributed by atoms with Gasteiger partial charge in [-0.2, -0.15) is 0 Å². The van der Waals surface area contributed by atoms with Crippen molar-refractivity contribution in [2.45, 2.75) is 39.2 Å². The van der Waals surface area contributed by atoms with E-state index in [1.54, 1.807) is 0 Å². The third kappa shape index (κ3) is 3.70. The lowest BCUT2D eigenvalue weighted by molar-refractivity contribution is 0.723. The van der Waals surface area contributed by atoms with Crippen molar-refractivity contribution in [1.29, 1.82) is 0 Å². The summed E-state index contributed by atoms with van der Waals surface area (Å²) in [7, 11) is 0. The fourth-order valence-corrected chi connectivity index (χ4v) is 2.09. The molecule has 1 aromatic rings. The van der Waals surface area contributed by atoms with Crippen LogP contribution in [0.15, 0.2) is 18.3 Å². The van der Waals surface area contributed by atoms with Crippen LogP contribution in [0.3, 0.4) is 0 Å². The van der Waals surface area contributed by atoms with Gasteiger partial charge in [0.2, 0.25) is 0 Å². The SMILES string of the molecule is CCN(CC1CC1)c1ccc(CC(C)N)cn1. The fraction of sp³-hybridized carbons (Fsp3) is 0.643. The van der Waals surface area contributed by atoms with Gasteiger partial charge in [-0.15, -0.1) is 0 Å². The van der Waals surface area contributed by atoms with Gasteiger partial charge in [-0.05, 0) is 50.7 Å². The van der Waals surface area contributed by atoms with Gasteiger partial charge >= 0.3 is 0 Å². The van der Waals surface area contributed by atoms with Crippen LogP contribution in [0.5, 0.6) is 0 Å². The zero-order valence-electron chi connectivity index (χ0n) is 10.9. The number of pyridine rings is 1. The Morgan fingerprint density at radius 3 is 2.71 bits per heavy atom. The Hall–Kier alpha value is -1.09. The maximum absolute atomic E-state index is 5.78. The van der Waals surface area contributed by atoms with Crippen molar-refractivity contribution in [1.82, 2.24) is 4.98 Å². The van der Waals surface area contributed by atoms with E-state index in [2.05, 4.69) is 28.9 Å². The molecule has 0 radical (unpaired) electrons. The molecule has 94 valence electrons. The Bertz CT molecular complexity index is 341. The van der Waals surface area contributed by atoms with Gasteiger partial charge in [0.05, 0.1) is 0 Å². The largest absolute Gasteiger partial charge is 0.357 e. The van der Waals surface area contributed by atoms with Gasteiger partial charge < -0.3 is 10.6 Å². The third-order valence-corrected chi connectivity index (χ3v) is 3.25. The van der Waals surface area contributed by atoms with Gasteiger partial charge in [0.25, 0.3) is 0 Å². The first-order valence-corrected chi connectivity index (χ1v) is 6.64. The van der Waals surface area contributed by atoms with Gasteiger partial charge in [0.1, 0.15) is 5.82 Å². The summed E-state index contributed by atoms with van der Waals surface area (Å²) in [5.74, 6) is 2.01. The van der Waals surface area contributed by atoms with E-state index >= 15 is 0 Å². The molecule has 2 rings (SSSR count). The molecule has 2 N–H and O–H groups in total. The predicted octanol–water partition coefficient (Wildman–Crippen LogP) is 2.21. The standard InChI is InChI=1S/C14H23N3/c1-3-17(10-12-4-5-12)14-7-6-13(9-16-14)8-11(2)15/h6-7,9,11-12H,3-5,8,10,15H2,1-2H3. The van der Waals surface area contributed by atoms with E-state index in [9.17, 15) is 0 Å². The minimum Gasteiger partial charge on any atom is -0.357 e. The molecule has 1 unspecified atom stereocenters. The van der Waals surface area contributed by atoms with Crippen LogP contribution < -0.4 is 10.6 Å². The Morgan fingerprint density at radius 2 is 2.24 bits per heavy atom. The van der Waals surface area contributed by atoms with E-state index in [0.717, 1.165) is 31.2 Å². The third-order valence-electron chi connectivity index (χ3n) is 3.25. The smallest absolute Gasteiger partial charge is 0.128 e. The number of rotatable bonds is 6. The Balaban J connectivity index is 1.99. The van der Waals surface area contributed by atoms with E-state index in [1.165, 1.54) is 18.4 Å². The van der Waals surface area contributed by atoms with Crippen LogP contribution in [0.4, 0.5) is 5.82 Å². The normalized spacial score (nSPS) is 16.9. The summed E-state index contributed by atoms with van der Waals surface area (Å²) in [6.07, 6.45) is 5.65. The highest BCUT2D eigenvalue weighted by Crippen LogP contribution is 2.30. The van der Waals surface area contributed by atoms with Crippen LogP contribution in [0.2, 0.25) is 0 Å². The quantitative estimate of drug-likeness (QED) is 0.819. The van der Waals surface area contributed by atoms with Crippen molar-refractivity contribution in [3.05, 3.63) is 23.9 Å². The molecule has 0 spiro atoms. The van der Waals surface area contributed by atoms with Gasteiger partial charge in [-0.1, -0.05) is 6.07 Å². The average molecular weight is 233 g/mol. The summed E-state index contributed by atoms with van der Waals surface area (Å²) in [5.41, 5.74) is 7.01. The van der Waals surface area contributed by atoms with Crippen LogP contribution in [-0.2, 0) is 6.42 Å². The molecule has 0 saturated heterocycles. The molecule has 1 aliphatic rings. The molecule has 0 amide bonds. The molecule has 0 aromatic carbocycles. The number of anilines is 1. The van der Waals surface area contributed by atoms with Crippen molar-refractivity contribution >= 4 is 5.82 Å². The highest BCUT2D eigenvalue weighted by Gasteiger charge is 2.24. The van der Waals surface area contributed by atoms with Crippen LogP contribution in [0, 0.1) is 5.92 Å². The Morgan fingerprint density at radius 1 is 1.47 bits per heavy atom. The molecule has 1 saturated carbocycles. The molecule has 1 atom stereocenters. The maximum Gasteiger partial charge on any atom is 0.128 e. The van der Waals surface area contributed by atoms with Gasteiger partial charge in [-0.3, -0.25) is 0 Å². The molecular formula is C14H23N3. The molecular weight excluding hydrogens is 210 g/mol. The molecule has 3 heteroatoms. The van der Waals surface area contributed by atoms with Crippen molar-refractivity contribution in [3.8, 4) is 0 Å². The Kier molecular flexibility index (Phi) is 4.00. The average Bonchev–Trinajstić information content (AvgIpc) is 3.10. The highest BCUT2D eigenvalue weighted by atomic mass is 15.2. The minimum absolute atomic E-state index is 0.205. The first-order chi connectivity index (χ1) is 8.19. The minimum atomic E-state index is 0.205. The van der Waals surface area contributed by atoms with E-state index in [0.29, 0.717) is 0 Å². The van der Waals surface area contributed by atoms with Crippen molar-refractivity contribution < 1.29 is 0 Å².